The maximum atomic E-state index is 5.60. The molecule has 0 unspecified atom stereocenters. The molecule has 0 amide bonds. The van der Waals surface area contributed by atoms with Crippen LogP contribution in [0.25, 0.3) is 22.8 Å². The van der Waals surface area contributed by atoms with E-state index < -0.39 is 0 Å². The van der Waals surface area contributed by atoms with Crippen LogP contribution in [-0.4, -0.2) is 15.0 Å². The minimum absolute atomic E-state index is 0.537. The highest BCUT2D eigenvalue weighted by molar-refractivity contribution is 5.60. The van der Waals surface area contributed by atoms with E-state index in [2.05, 4.69) is 15.0 Å². The Labute approximate surface area is 117 Å². The number of nitrogens with zero attached hydrogens (tertiary/aromatic N) is 3. The van der Waals surface area contributed by atoms with E-state index in [0.717, 1.165) is 22.5 Å². The number of nitrogens with two attached hydrogens (primary N) is 1. The minimum Gasteiger partial charge on any atom is -0.326 e. The fourth-order valence-electron chi connectivity index (χ4n) is 1.94. The van der Waals surface area contributed by atoms with Crippen molar-refractivity contribution in [2.45, 2.75) is 6.54 Å². The van der Waals surface area contributed by atoms with Gasteiger partial charge < -0.3 is 5.73 Å². The van der Waals surface area contributed by atoms with Gasteiger partial charge in [0.25, 0.3) is 0 Å². The third-order valence-electron chi connectivity index (χ3n) is 3.03. The van der Waals surface area contributed by atoms with Crippen molar-refractivity contribution in [3.63, 3.8) is 0 Å². The topological polar surface area (TPSA) is 64.7 Å². The Balaban J connectivity index is 1.98. The average molecular weight is 262 g/mol. The fraction of sp³-hybridized carbons (Fsp3) is 0.0625. The van der Waals surface area contributed by atoms with E-state index in [1.165, 1.54) is 0 Å². The molecule has 20 heavy (non-hydrogen) atoms. The monoisotopic (exact) mass is 262 g/mol. The molecule has 0 radical (unpaired) electrons. The minimum atomic E-state index is 0.537. The molecule has 98 valence electrons. The molecule has 0 saturated heterocycles. The van der Waals surface area contributed by atoms with Crippen LogP contribution < -0.4 is 5.73 Å². The van der Waals surface area contributed by atoms with Crippen LogP contribution in [0.4, 0.5) is 0 Å². The number of rotatable bonds is 3. The van der Waals surface area contributed by atoms with Gasteiger partial charge in [0, 0.05) is 24.5 Å². The van der Waals surface area contributed by atoms with Gasteiger partial charge in [-0.1, -0.05) is 30.3 Å². The zero-order valence-electron chi connectivity index (χ0n) is 10.9. The van der Waals surface area contributed by atoms with Gasteiger partial charge in [0.05, 0.1) is 11.4 Å². The highest BCUT2D eigenvalue weighted by atomic mass is 14.9. The summed E-state index contributed by atoms with van der Waals surface area (Å²) < 4.78 is 0. The number of hydrogen-bond acceptors (Lipinski definition) is 4. The molecular weight excluding hydrogens is 248 g/mol. The van der Waals surface area contributed by atoms with Gasteiger partial charge in [-0.15, -0.1) is 0 Å². The van der Waals surface area contributed by atoms with Crippen molar-refractivity contribution in [2.75, 3.05) is 0 Å². The SMILES string of the molecule is NCc1ccc(-c2nccc(-c3ccccn3)n2)cc1. The number of pyridine rings is 1. The summed E-state index contributed by atoms with van der Waals surface area (Å²) >= 11 is 0. The molecule has 0 aliphatic carbocycles. The van der Waals surface area contributed by atoms with E-state index in [1.54, 1.807) is 12.4 Å². The van der Waals surface area contributed by atoms with E-state index >= 15 is 0 Å². The molecular formula is C16H14N4. The molecule has 2 N–H and O–H groups in total. The Bertz CT molecular complexity index is 693. The van der Waals surface area contributed by atoms with Crippen LogP contribution >= 0.6 is 0 Å². The smallest absolute Gasteiger partial charge is 0.159 e. The van der Waals surface area contributed by atoms with E-state index in [9.17, 15) is 0 Å². The van der Waals surface area contributed by atoms with E-state index in [4.69, 9.17) is 5.73 Å². The Hall–Kier alpha value is -2.59. The highest BCUT2D eigenvalue weighted by Gasteiger charge is 2.05. The van der Waals surface area contributed by atoms with Crippen LogP contribution in [0, 0.1) is 0 Å². The number of aromatic nitrogens is 3. The van der Waals surface area contributed by atoms with Gasteiger partial charge in [-0.3, -0.25) is 4.98 Å². The van der Waals surface area contributed by atoms with Crippen molar-refractivity contribution in [1.82, 2.24) is 15.0 Å². The molecule has 4 heteroatoms. The largest absolute Gasteiger partial charge is 0.326 e. The highest BCUT2D eigenvalue weighted by Crippen LogP contribution is 2.19. The van der Waals surface area contributed by atoms with Crippen molar-refractivity contribution in [2.24, 2.45) is 5.73 Å². The molecule has 0 aliphatic rings. The number of benzene rings is 1. The van der Waals surface area contributed by atoms with Crippen molar-refractivity contribution in [1.29, 1.82) is 0 Å². The maximum Gasteiger partial charge on any atom is 0.159 e. The molecule has 0 bridgehead atoms. The summed E-state index contributed by atoms with van der Waals surface area (Å²) in [5.41, 5.74) is 9.32. The molecule has 0 fully saturated rings. The van der Waals surface area contributed by atoms with Gasteiger partial charge in [-0.05, 0) is 23.8 Å². The Kier molecular flexibility index (Phi) is 3.48. The summed E-state index contributed by atoms with van der Waals surface area (Å²) in [7, 11) is 0. The Morgan fingerprint density at radius 1 is 0.800 bits per heavy atom. The van der Waals surface area contributed by atoms with Crippen LogP contribution in [0.15, 0.2) is 60.9 Å². The average Bonchev–Trinajstić information content (AvgIpc) is 2.56. The zero-order chi connectivity index (χ0) is 13.8. The third kappa shape index (κ3) is 2.55. The molecule has 4 nitrogen and oxygen atoms in total. The summed E-state index contributed by atoms with van der Waals surface area (Å²) in [5.74, 6) is 0.691. The first-order chi connectivity index (χ1) is 9.86. The zero-order valence-corrected chi connectivity index (χ0v) is 10.9. The molecule has 2 heterocycles. The lowest BCUT2D eigenvalue weighted by Crippen LogP contribution is -1.96. The van der Waals surface area contributed by atoms with Crippen molar-refractivity contribution >= 4 is 0 Å². The van der Waals surface area contributed by atoms with Gasteiger partial charge in [0.1, 0.15) is 0 Å². The fourth-order valence-corrected chi connectivity index (χ4v) is 1.94. The lowest BCUT2D eigenvalue weighted by Gasteiger charge is -2.04. The van der Waals surface area contributed by atoms with Gasteiger partial charge in [-0.2, -0.15) is 0 Å². The van der Waals surface area contributed by atoms with Gasteiger partial charge in [0.15, 0.2) is 5.82 Å². The molecule has 3 aromatic rings. The van der Waals surface area contributed by atoms with E-state index in [1.807, 2.05) is 48.5 Å². The van der Waals surface area contributed by atoms with E-state index in [0.29, 0.717) is 12.4 Å². The molecule has 0 aliphatic heterocycles. The number of hydrogen-bond donors (Lipinski definition) is 1. The standard InChI is InChI=1S/C16H14N4/c17-11-12-4-6-13(7-5-12)16-19-10-8-15(20-16)14-3-1-2-9-18-14/h1-10H,11,17H2. The van der Waals surface area contributed by atoms with Crippen LogP contribution in [0.2, 0.25) is 0 Å². The summed E-state index contributed by atoms with van der Waals surface area (Å²) in [6.45, 7) is 0.537. The van der Waals surface area contributed by atoms with E-state index in [-0.39, 0.29) is 0 Å². The lowest BCUT2D eigenvalue weighted by atomic mass is 10.1. The van der Waals surface area contributed by atoms with Crippen LogP contribution in [-0.2, 0) is 6.54 Å². The molecule has 1 aromatic carbocycles. The summed E-state index contributed by atoms with van der Waals surface area (Å²) in [6, 6.07) is 15.6. The van der Waals surface area contributed by atoms with Crippen LogP contribution in [0.5, 0.6) is 0 Å². The molecule has 0 spiro atoms. The first-order valence-corrected chi connectivity index (χ1v) is 6.40. The lowest BCUT2D eigenvalue weighted by molar-refractivity contribution is 1.07. The molecule has 2 aromatic heterocycles. The van der Waals surface area contributed by atoms with Crippen molar-refractivity contribution in [3.05, 3.63) is 66.5 Å². The van der Waals surface area contributed by atoms with Gasteiger partial charge in [0.2, 0.25) is 0 Å². The van der Waals surface area contributed by atoms with Crippen LogP contribution in [0.1, 0.15) is 5.56 Å². The third-order valence-corrected chi connectivity index (χ3v) is 3.03. The second-order valence-corrected chi connectivity index (χ2v) is 4.38. The quantitative estimate of drug-likeness (QED) is 0.788. The molecule has 3 rings (SSSR count). The Morgan fingerprint density at radius 3 is 2.35 bits per heavy atom. The Morgan fingerprint density at radius 2 is 1.65 bits per heavy atom. The molecule has 0 atom stereocenters. The van der Waals surface area contributed by atoms with Crippen LogP contribution in [0.3, 0.4) is 0 Å². The second-order valence-electron chi connectivity index (χ2n) is 4.38. The predicted molar refractivity (Wildman–Crippen MR) is 78.6 cm³/mol. The first kappa shape index (κ1) is 12.4. The summed E-state index contributed by atoms with van der Waals surface area (Å²) in [5, 5.41) is 0. The second kappa shape index (κ2) is 5.59. The normalized spacial score (nSPS) is 10.4. The van der Waals surface area contributed by atoms with Gasteiger partial charge in [-0.25, -0.2) is 9.97 Å². The van der Waals surface area contributed by atoms with Gasteiger partial charge >= 0.3 is 0 Å². The summed E-state index contributed by atoms with van der Waals surface area (Å²) in [6.07, 6.45) is 3.51. The maximum absolute atomic E-state index is 5.60. The predicted octanol–water partition coefficient (Wildman–Crippen LogP) is 2.66. The molecule has 0 saturated carbocycles. The van der Waals surface area contributed by atoms with Crippen molar-refractivity contribution < 1.29 is 0 Å². The first-order valence-electron chi connectivity index (χ1n) is 6.40. The summed E-state index contributed by atoms with van der Waals surface area (Å²) in [4.78, 5) is 13.2. The van der Waals surface area contributed by atoms with Crippen molar-refractivity contribution in [3.8, 4) is 22.8 Å².